The maximum Gasteiger partial charge on any atom is 0.212 e. The van der Waals surface area contributed by atoms with Gasteiger partial charge in [-0.25, -0.2) is 4.98 Å². The number of aromatic hydroxyl groups is 1. The average Bonchev–Trinajstić information content (AvgIpc) is 2.56. The van der Waals surface area contributed by atoms with Gasteiger partial charge in [-0.2, -0.15) is 0 Å². The third-order valence-electron chi connectivity index (χ3n) is 3.20. The maximum atomic E-state index is 12.4. The number of benzene rings is 2. The van der Waals surface area contributed by atoms with E-state index in [1.807, 2.05) is 12.1 Å². The zero-order valence-corrected chi connectivity index (χ0v) is 11.6. The van der Waals surface area contributed by atoms with Crippen LogP contribution in [0.1, 0.15) is 16.1 Å². The highest BCUT2D eigenvalue weighted by atomic mass is 16.3. The highest BCUT2D eigenvalue weighted by Gasteiger charge is 2.12. The van der Waals surface area contributed by atoms with Gasteiger partial charge in [-0.15, -0.1) is 0 Å². The first-order valence-corrected chi connectivity index (χ1v) is 6.65. The fourth-order valence-electron chi connectivity index (χ4n) is 2.03. The van der Waals surface area contributed by atoms with E-state index in [0.717, 1.165) is 5.56 Å². The predicted octanol–water partition coefficient (Wildman–Crippen LogP) is 2.66. The fraction of sp³-hybridized carbons (Fsp3) is 0. The van der Waals surface area contributed by atoms with Crippen LogP contribution in [0.4, 0.5) is 5.69 Å². The third-order valence-corrected chi connectivity index (χ3v) is 3.20. The summed E-state index contributed by atoms with van der Waals surface area (Å²) in [5.41, 5.74) is 8.45. The van der Waals surface area contributed by atoms with Gasteiger partial charge in [0.1, 0.15) is 11.4 Å². The summed E-state index contributed by atoms with van der Waals surface area (Å²) in [5, 5.41) is 9.27. The highest BCUT2D eigenvalue weighted by Crippen LogP contribution is 2.19. The van der Waals surface area contributed by atoms with E-state index in [9.17, 15) is 9.90 Å². The highest BCUT2D eigenvalue weighted by molar-refractivity contribution is 6.07. The molecule has 0 atom stereocenters. The van der Waals surface area contributed by atoms with E-state index in [-0.39, 0.29) is 17.2 Å². The van der Waals surface area contributed by atoms with Crippen molar-refractivity contribution < 1.29 is 9.90 Å². The number of carbonyl (C=O) groups is 1. The van der Waals surface area contributed by atoms with E-state index in [4.69, 9.17) is 5.73 Å². The Hall–Kier alpha value is -3.21. The van der Waals surface area contributed by atoms with Crippen LogP contribution in [0.5, 0.6) is 5.75 Å². The summed E-state index contributed by atoms with van der Waals surface area (Å²) in [6, 6.07) is 13.2. The molecule has 0 fully saturated rings. The lowest BCUT2D eigenvalue weighted by molar-refractivity contribution is 0.103. The minimum Gasteiger partial charge on any atom is -0.508 e. The van der Waals surface area contributed by atoms with E-state index in [2.05, 4.69) is 9.97 Å². The van der Waals surface area contributed by atoms with Crippen LogP contribution in [0.15, 0.2) is 60.9 Å². The molecule has 1 aromatic heterocycles. The van der Waals surface area contributed by atoms with Crippen LogP contribution < -0.4 is 5.73 Å². The maximum absolute atomic E-state index is 12.4. The van der Waals surface area contributed by atoms with Crippen molar-refractivity contribution in [3.8, 4) is 17.0 Å². The molecule has 22 heavy (non-hydrogen) atoms. The summed E-state index contributed by atoms with van der Waals surface area (Å²) in [6.07, 6.45) is 3.02. The minimum atomic E-state index is -0.246. The molecule has 1 heterocycles. The molecule has 108 valence electrons. The van der Waals surface area contributed by atoms with Gasteiger partial charge in [0.15, 0.2) is 0 Å². The second kappa shape index (κ2) is 5.65. The predicted molar refractivity (Wildman–Crippen MR) is 83.4 cm³/mol. The Kier molecular flexibility index (Phi) is 3.53. The molecule has 0 aliphatic carbocycles. The van der Waals surface area contributed by atoms with E-state index < -0.39 is 0 Å². The normalized spacial score (nSPS) is 10.4. The van der Waals surface area contributed by atoms with Gasteiger partial charge in [0.2, 0.25) is 5.78 Å². The number of phenolic OH excluding ortho intramolecular Hbond substituents is 1. The average molecular weight is 291 g/mol. The molecule has 0 saturated carbocycles. The molecule has 0 aliphatic rings. The topological polar surface area (TPSA) is 89.1 Å². The molecule has 3 aromatic rings. The lowest BCUT2D eigenvalue weighted by atomic mass is 10.1. The first kappa shape index (κ1) is 13.8. The second-order valence-corrected chi connectivity index (χ2v) is 4.79. The van der Waals surface area contributed by atoms with Gasteiger partial charge >= 0.3 is 0 Å². The summed E-state index contributed by atoms with van der Waals surface area (Å²) in [7, 11) is 0. The first-order chi connectivity index (χ1) is 10.6. The number of phenols is 1. The fourth-order valence-corrected chi connectivity index (χ4v) is 2.03. The van der Waals surface area contributed by atoms with Crippen LogP contribution >= 0.6 is 0 Å². The van der Waals surface area contributed by atoms with E-state index in [0.29, 0.717) is 16.9 Å². The molecule has 5 nitrogen and oxygen atoms in total. The van der Waals surface area contributed by atoms with Crippen molar-refractivity contribution in [2.24, 2.45) is 0 Å². The number of nitrogens with two attached hydrogens (primary N) is 1. The van der Waals surface area contributed by atoms with Crippen molar-refractivity contribution in [3.63, 3.8) is 0 Å². The zero-order valence-electron chi connectivity index (χ0n) is 11.6. The summed E-state index contributed by atoms with van der Waals surface area (Å²) in [5.74, 6) is -0.136. The second-order valence-electron chi connectivity index (χ2n) is 4.79. The molecule has 0 aliphatic heterocycles. The Bertz CT molecular complexity index is 812. The molecule has 2 aromatic carbocycles. The molecule has 0 amide bonds. The number of carbonyl (C=O) groups excluding carboxylic acids is 1. The molecule has 0 radical (unpaired) electrons. The summed E-state index contributed by atoms with van der Waals surface area (Å²) >= 11 is 0. The molecule has 0 bridgehead atoms. The van der Waals surface area contributed by atoms with Gasteiger partial charge in [0, 0.05) is 16.8 Å². The smallest absolute Gasteiger partial charge is 0.212 e. The quantitative estimate of drug-likeness (QED) is 0.572. The van der Waals surface area contributed by atoms with Crippen molar-refractivity contribution in [3.05, 3.63) is 72.2 Å². The summed E-state index contributed by atoms with van der Waals surface area (Å²) in [6.45, 7) is 0. The number of nitrogens with zero attached hydrogens (tertiary/aromatic N) is 2. The largest absolute Gasteiger partial charge is 0.508 e. The Morgan fingerprint density at radius 1 is 0.955 bits per heavy atom. The number of nitrogen functional groups attached to an aromatic ring is 1. The van der Waals surface area contributed by atoms with Crippen molar-refractivity contribution in [1.29, 1.82) is 0 Å². The number of ketones is 1. The Labute approximate surface area is 127 Å². The molecule has 0 unspecified atom stereocenters. The van der Waals surface area contributed by atoms with Crippen LogP contribution in [0.3, 0.4) is 0 Å². The van der Waals surface area contributed by atoms with Crippen LogP contribution in [0.25, 0.3) is 11.3 Å². The number of anilines is 1. The molecule has 3 N–H and O–H groups in total. The van der Waals surface area contributed by atoms with Gasteiger partial charge in [-0.1, -0.05) is 12.1 Å². The molecule has 5 heteroatoms. The van der Waals surface area contributed by atoms with Crippen molar-refractivity contribution in [2.75, 3.05) is 5.73 Å². The van der Waals surface area contributed by atoms with E-state index >= 15 is 0 Å². The lowest BCUT2D eigenvalue weighted by Gasteiger charge is -2.04. The summed E-state index contributed by atoms with van der Waals surface area (Å²) in [4.78, 5) is 20.8. The molecular weight excluding hydrogens is 278 g/mol. The van der Waals surface area contributed by atoms with Crippen molar-refractivity contribution in [1.82, 2.24) is 9.97 Å². The number of aromatic nitrogens is 2. The van der Waals surface area contributed by atoms with Gasteiger partial charge in [0.05, 0.1) is 18.1 Å². The molecule has 3 rings (SSSR count). The van der Waals surface area contributed by atoms with Crippen LogP contribution in [-0.2, 0) is 0 Å². The van der Waals surface area contributed by atoms with E-state index in [1.54, 1.807) is 30.5 Å². The summed E-state index contributed by atoms with van der Waals surface area (Å²) < 4.78 is 0. The number of rotatable bonds is 3. The monoisotopic (exact) mass is 291 g/mol. The Morgan fingerprint density at radius 2 is 1.64 bits per heavy atom. The van der Waals surface area contributed by atoms with Gasteiger partial charge in [-0.3, -0.25) is 9.78 Å². The Morgan fingerprint density at radius 3 is 2.32 bits per heavy atom. The van der Waals surface area contributed by atoms with Gasteiger partial charge in [0.25, 0.3) is 0 Å². The van der Waals surface area contributed by atoms with Gasteiger partial charge < -0.3 is 10.8 Å². The zero-order chi connectivity index (χ0) is 15.5. The molecule has 0 spiro atoms. The van der Waals surface area contributed by atoms with Crippen LogP contribution in [0, 0.1) is 0 Å². The van der Waals surface area contributed by atoms with Crippen molar-refractivity contribution >= 4 is 11.5 Å². The standard InChI is InChI=1S/C17H13N3O2/c18-13-5-1-11(2-6-13)15-9-19-10-16(20-15)17(22)12-3-7-14(21)8-4-12/h1-10,21H,18H2. The molecule has 0 saturated heterocycles. The number of hydrogen-bond acceptors (Lipinski definition) is 5. The van der Waals surface area contributed by atoms with Crippen LogP contribution in [0.2, 0.25) is 0 Å². The third kappa shape index (κ3) is 2.78. The van der Waals surface area contributed by atoms with Crippen molar-refractivity contribution in [2.45, 2.75) is 0 Å². The molecular formula is C17H13N3O2. The lowest BCUT2D eigenvalue weighted by Crippen LogP contribution is -2.05. The van der Waals surface area contributed by atoms with Crippen LogP contribution in [-0.4, -0.2) is 20.9 Å². The van der Waals surface area contributed by atoms with Gasteiger partial charge in [-0.05, 0) is 36.4 Å². The van der Waals surface area contributed by atoms with E-state index in [1.165, 1.54) is 18.3 Å². The number of hydrogen-bond donors (Lipinski definition) is 2. The Balaban J connectivity index is 1.95. The SMILES string of the molecule is Nc1ccc(-c2cncc(C(=O)c3ccc(O)cc3)n2)cc1. The minimum absolute atomic E-state index is 0.109. The first-order valence-electron chi connectivity index (χ1n) is 6.65.